The van der Waals surface area contributed by atoms with Crippen molar-refractivity contribution < 1.29 is 19.1 Å². The first kappa shape index (κ1) is 18.5. The van der Waals surface area contributed by atoms with Gasteiger partial charge in [0.2, 0.25) is 11.8 Å². The molecule has 0 aromatic rings. The Hall–Kier alpha value is -1.79. The van der Waals surface area contributed by atoms with Gasteiger partial charge in [0.05, 0.1) is 6.61 Å². The Morgan fingerprint density at radius 1 is 0.917 bits per heavy atom. The zero-order chi connectivity index (χ0) is 17.4. The zero-order valence-corrected chi connectivity index (χ0v) is 14.5. The van der Waals surface area contributed by atoms with Crippen molar-refractivity contribution >= 4 is 17.9 Å². The molecule has 7 heteroatoms. The minimum Gasteiger partial charge on any atom is -0.450 e. The standard InChI is InChI=1S/C17H29N3O4/c1-2-24-17(23)20-10-8-14(9-11-20)19-16(22)12-15(21)18-13-6-4-3-5-7-13/h13-14H,2-12H2,1H3,(H,18,21)(H,19,22). The summed E-state index contributed by atoms with van der Waals surface area (Å²) < 4.78 is 4.97. The number of likely N-dealkylation sites (tertiary alicyclic amines) is 1. The average molecular weight is 339 g/mol. The second kappa shape index (κ2) is 9.49. The molecule has 1 aliphatic heterocycles. The number of nitrogens with zero attached hydrogens (tertiary/aromatic N) is 1. The molecule has 2 fully saturated rings. The third-order valence-electron chi connectivity index (χ3n) is 4.68. The normalized spacial score (nSPS) is 19.6. The maximum Gasteiger partial charge on any atom is 0.409 e. The van der Waals surface area contributed by atoms with E-state index in [-0.39, 0.29) is 36.4 Å². The van der Waals surface area contributed by atoms with E-state index in [2.05, 4.69) is 10.6 Å². The summed E-state index contributed by atoms with van der Waals surface area (Å²) in [5.74, 6) is -0.429. The van der Waals surface area contributed by atoms with Gasteiger partial charge >= 0.3 is 6.09 Å². The minimum atomic E-state index is -0.297. The number of ether oxygens (including phenoxy) is 1. The first-order valence-electron chi connectivity index (χ1n) is 9.09. The van der Waals surface area contributed by atoms with Crippen molar-refractivity contribution in [3.63, 3.8) is 0 Å². The van der Waals surface area contributed by atoms with Crippen molar-refractivity contribution in [2.24, 2.45) is 0 Å². The van der Waals surface area contributed by atoms with Crippen LogP contribution in [0.2, 0.25) is 0 Å². The molecule has 0 aromatic carbocycles. The topological polar surface area (TPSA) is 87.7 Å². The Morgan fingerprint density at radius 2 is 1.46 bits per heavy atom. The maximum absolute atomic E-state index is 12.0. The fourth-order valence-electron chi connectivity index (χ4n) is 3.37. The lowest BCUT2D eigenvalue weighted by Gasteiger charge is -2.31. The van der Waals surface area contributed by atoms with Gasteiger partial charge in [-0.15, -0.1) is 0 Å². The number of hydrogen-bond donors (Lipinski definition) is 2. The predicted octanol–water partition coefficient (Wildman–Crippen LogP) is 1.56. The molecule has 0 spiro atoms. The Bertz CT molecular complexity index is 441. The predicted molar refractivity (Wildman–Crippen MR) is 89.4 cm³/mol. The lowest BCUT2D eigenvalue weighted by Crippen LogP contribution is -2.47. The van der Waals surface area contributed by atoms with E-state index in [1.165, 1.54) is 6.42 Å². The summed E-state index contributed by atoms with van der Waals surface area (Å²) in [6, 6.07) is 0.248. The molecule has 2 N–H and O–H groups in total. The summed E-state index contributed by atoms with van der Waals surface area (Å²) in [4.78, 5) is 37.2. The SMILES string of the molecule is CCOC(=O)N1CCC(NC(=O)CC(=O)NC2CCCCC2)CC1. The highest BCUT2D eigenvalue weighted by Gasteiger charge is 2.25. The zero-order valence-electron chi connectivity index (χ0n) is 14.5. The van der Waals surface area contributed by atoms with Crippen LogP contribution < -0.4 is 10.6 Å². The van der Waals surface area contributed by atoms with Crippen molar-refractivity contribution in [2.45, 2.75) is 70.4 Å². The minimum absolute atomic E-state index is 0.0191. The number of amides is 3. The van der Waals surface area contributed by atoms with Gasteiger partial charge < -0.3 is 20.3 Å². The fraction of sp³-hybridized carbons (Fsp3) is 0.824. The second-order valence-electron chi connectivity index (χ2n) is 6.61. The van der Waals surface area contributed by atoms with Crippen molar-refractivity contribution in [1.82, 2.24) is 15.5 Å². The monoisotopic (exact) mass is 339 g/mol. The quantitative estimate of drug-likeness (QED) is 0.744. The molecule has 1 heterocycles. The number of carbonyl (C=O) groups excluding carboxylic acids is 3. The molecule has 0 aromatic heterocycles. The maximum atomic E-state index is 12.0. The van der Waals surface area contributed by atoms with Gasteiger partial charge in [-0.05, 0) is 32.6 Å². The van der Waals surface area contributed by atoms with Crippen LogP contribution in [0.4, 0.5) is 4.79 Å². The number of piperidine rings is 1. The van der Waals surface area contributed by atoms with Crippen LogP contribution in [0.5, 0.6) is 0 Å². The smallest absolute Gasteiger partial charge is 0.409 e. The first-order chi connectivity index (χ1) is 11.6. The molecule has 0 atom stereocenters. The highest BCUT2D eigenvalue weighted by atomic mass is 16.6. The van der Waals surface area contributed by atoms with Crippen molar-refractivity contribution in [3.05, 3.63) is 0 Å². The van der Waals surface area contributed by atoms with E-state index in [4.69, 9.17) is 4.74 Å². The van der Waals surface area contributed by atoms with E-state index in [0.717, 1.165) is 25.7 Å². The molecule has 7 nitrogen and oxygen atoms in total. The highest BCUT2D eigenvalue weighted by molar-refractivity contribution is 5.97. The van der Waals surface area contributed by atoms with Gasteiger partial charge in [0.25, 0.3) is 0 Å². The van der Waals surface area contributed by atoms with Gasteiger partial charge in [0.15, 0.2) is 0 Å². The third kappa shape index (κ3) is 6.02. The molecule has 24 heavy (non-hydrogen) atoms. The van der Waals surface area contributed by atoms with Gasteiger partial charge in [0.1, 0.15) is 6.42 Å². The van der Waals surface area contributed by atoms with E-state index in [1.54, 1.807) is 11.8 Å². The summed E-state index contributed by atoms with van der Waals surface area (Å²) in [6.45, 7) is 3.28. The molecule has 0 bridgehead atoms. The molecule has 2 aliphatic rings. The Balaban J connectivity index is 1.64. The summed E-state index contributed by atoms with van der Waals surface area (Å²) >= 11 is 0. The van der Waals surface area contributed by atoms with E-state index < -0.39 is 0 Å². The first-order valence-corrected chi connectivity index (χ1v) is 9.09. The van der Waals surface area contributed by atoms with Crippen molar-refractivity contribution in [2.75, 3.05) is 19.7 Å². The van der Waals surface area contributed by atoms with E-state index in [0.29, 0.717) is 32.5 Å². The summed E-state index contributed by atoms with van der Waals surface area (Å²) in [7, 11) is 0. The van der Waals surface area contributed by atoms with Crippen LogP contribution in [0.1, 0.15) is 58.3 Å². The van der Waals surface area contributed by atoms with Crippen molar-refractivity contribution in [3.8, 4) is 0 Å². The number of nitrogens with one attached hydrogen (secondary N) is 2. The summed E-state index contributed by atoms with van der Waals surface area (Å²) in [5, 5.41) is 5.85. The van der Waals surface area contributed by atoms with E-state index in [1.807, 2.05) is 0 Å². The van der Waals surface area contributed by atoms with Crippen LogP contribution in [0, 0.1) is 0 Å². The lowest BCUT2D eigenvalue weighted by atomic mass is 9.95. The largest absolute Gasteiger partial charge is 0.450 e. The average Bonchev–Trinajstić information content (AvgIpc) is 2.56. The molecule has 3 amide bonds. The van der Waals surface area contributed by atoms with Crippen LogP contribution in [-0.2, 0) is 14.3 Å². The Morgan fingerprint density at radius 3 is 2.00 bits per heavy atom. The van der Waals surface area contributed by atoms with Crippen LogP contribution in [0.25, 0.3) is 0 Å². The third-order valence-corrected chi connectivity index (χ3v) is 4.68. The lowest BCUT2D eigenvalue weighted by molar-refractivity contribution is -0.130. The van der Waals surface area contributed by atoms with E-state index in [9.17, 15) is 14.4 Å². The van der Waals surface area contributed by atoms with Gasteiger partial charge in [0, 0.05) is 25.2 Å². The van der Waals surface area contributed by atoms with Crippen molar-refractivity contribution in [1.29, 1.82) is 0 Å². The Kier molecular flexibility index (Phi) is 7.34. The summed E-state index contributed by atoms with van der Waals surface area (Å²) in [6.07, 6.45) is 6.52. The molecule has 0 unspecified atom stereocenters. The van der Waals surface area contributed by atoms with Crippen LogP contribution >= 0.6 is 0 Å². The number of carbonyl (C=O) groups is 3. The van der Waals surface area contributed by atoms with Crippen LogP contribution in [0.15, 0.2) is 0 Å². The molecular weight excluding hydrogens is 310 g/mol. The fourth-order valence-corrected chi connectivity index (χ4v) is 3.37. The van der Waals surface area contributed by atoms with Gasteiger partial charge in [-0.3, -0.25) is 9.59 Å². The molecule has 0 radical (unpaired) electrons. The van der Waals surface area contributed by atoms with Crippen LogP contribution in [0.3, 0.4) is 0 Å². The van der Waals surface area contributed by atoms with Gasteiger partial charge in [-0.1, -0.05) is 19.3 Å². The molecule has 1 saturated carbocycles. The number of rotatable bonds is 5. The number of hydrogen-bond acceptors (Lipinski definition) is 4. The van der Waals surface area contributed by atoms with Crippen LogP contribution in [-0.4, -0.2) is 54.6 Å². The molecular formula is C17H29N3O4. The molecule has 1 saturated heterocycles. The molecule has 136 valence electrons. The Labute approximate surface area is 143 Å². The van der Waals surface area contributed by atoms with E-state index >= 15 is 0 Å². The highest BCUT2D eigenvalue weighted by Crippen LogP contribution is 2.17. The van der Waals surface area contributed by atoms with Gasteiger partial charge in [-0.25, -0.2) is 4.79 Å². The molecule has 2 rings (SSSR count). The van der Waals surface area contributed by atoms with Gasteiger partial charge in [-0.2, -0.15) is 0 Å². The second-order valence-corrected chi connectivity index (χ2v) is 6.61. The summed E-state index contributed by atoms with van der Waals surface area (Å²) in [5.41, 5.74) is 0. The molecule has 1 aliphatic carbocycles.